The van der Waals surface area contributed by atoms with Gasteiger partial charge < -0.3 is 9.47 Å². The molecule has 5 rings (SSSR count). The van der Waals surface area contributed by atoms with Gasteiger partial charge in [-0.05, 0) is 48.4 Å². The Bertz CT molecular complexity index is 1200. The summed E-state index contributed by atoms with van der Waals surface area (Å²) in [6.45, 7) is 2.67. The summed E-state index contributed by atoms with van der Waals surface area (Å²) in [6, 6.07) is 21.3. The van der Waals surface area contributed by atoms with Crippen molar-refractivity contribution in [3.05, 3.63) is 83.4 Å². The van der Waals surface area contributed by atoms with E-state index in [0.29, 0.717) is 28.7 Å². The molecule has 4 aromatic rings. The average Bonchev–Trinajstić information content (AvgIpc) is 3.38. The number of carbonyl (C=O) groups excluding carboxylic acids is 1. The minimum atomic E-state index is -0.122. The van der Waals surface area contributed by atoms with E-state index in [1.807, 2.05) is 42.5 Å². The SMILES string of the molecule is Cc1ccc2nc(N(Cc3ccccc3)C(=O)c3ccc4c(c3)OCO4)sc2c1. The summed E-state index contributed by atoms with van der Waals surface area (Å²) in [5, 5.41) is 0.678. The Morgan fingerprint density at radius 1 is 1.03 bits per heavy atom. The predicted molar refractivity (Wildman–Crippen MR) is 114 cm³/mol. The summed E-state index contributed by atoms with van der Waals surface area (Å²) in [7, 11) is 0. The standard InChI is InChI=1S/C23H18N2O3S/c1-15-7-9-18-21(11-15)29-23(24-18)25(13-16-5-3-2-4-6-16)22(26)17-8-10-19-20(12-17)28-14-27-19/h2-12H,13-14H2,1H3. The number of rotatable bonds is 4. The van der Waals surface area contributed by atoms with Gasteiger partial charge in [0.25, 0.3) is 5.91 Å². The lowest BCUT2D eigenvalue weighted by molar-refractivity contribution is 0.0984. The highest BCUT2D eigenvalue weighted by Gasteiger charge is 2.24. The summed E-state index contributed by atoms with van der Waals surface area (Å²) in [5.41, 5.74) is 3.65. The van der Waals surface area contributed by atoms with E-state index in [9.17, 15) is 4.79 Å². The van der Waals surface area contributed by atoms with Gasteiger partial charge in [-0.1, -0.05) is 47.7 Å². The van der Waals surface area contributed by atoms with Crippen molar-refractivity contribution in [3.63, 3.8) is 0 Å². The van der Waals surface area contributed by atoms with E-state index in [-0.39, 0.29) is 12.7 Å². The topological polar surface area (TPSA) is 51.7 Å². The quantitative estimate of drug-likeness (QED) is 0.472. The van der Waals surface area contributed by atoms with Crippen LogP contribution in [0, 0.1) is 6.92 Å². The van der Waals surface area contributed by atoms with Crippen molar-refractivity contribution in [2.75, 3.05) is 11.7 Å². The van der Waals surface area contributed by atoms with Crippen molar-refractivity contribution in [3.8, 4) is 11.5 Å². The Kier molecular flexibility index (Phi) is 4.41. The predicted octanol–water partition coefficient (Wildman–Crippen LogP) is 5.18. The lowest BCUT2D eigenvalue weighted by atomic mass is 10.1. The zero-order valence-corrected chi connectivity index (χ0v) is 16.6. The van der Waals surface area contributed by atoms with Crippen LogP contribution in [0.3, 0.4) is 0 Å². The molecule has 6 heteroatoms. The molecule has 0 fully saturated rings. The number of carbonyl (C=O) groups is 1. The van der Waals surface area contributed by atoms with Gasteiger partial charge in [0.1, 0.15) is 0 Å². The Morgan fingerprint density at radius 3 is 2.72 bits per heavy atom. The molecule has 0 spiro atoms. The first kappa shape index (κ1) is 17.7. The number of fused-ring (bicyclic) bond motifs is 2. The van der Waals surface area contributed by atoms with Crippen LogP contribution in [-0.4, -0.2) is 17.7 Å². The fourth-order valence-electron chi connectivity index (χ4n) is 3.31. The molecule has 2 heterocycles. The molecular weight excluding hydrogens is 384 g/mol. The molecule has 0 bridgehead atoms. The number of thiazole rings is 1. The van der Waals surface area contributed by atoms with Gasteiger partial charge in [0.2, 0.25) is 6.79 Å². The maximum absolute atomic E-state index is 13.5. The molecule has 0 aliphatic carbocycles. The zero-order chi connectivity index (χ0) is 19.8. The number of anilines is 1. The van der Waals surface area contributed by atoms with Gasteiger partial charge in [-0.25, -0.2) is 4.98 Å². The summed E-state index contributed by atoms with van der Waals surface area (Å²) in [5.74, 6) is 1.13. The first-order chi connectivity index (χ1) is 14.2. The summed E-state index contributed by atoms with van der Waals surface area (Å²) in [6.07, 6.45) is 0. The Labute approximate surface area is 172 Å². The molecular formula is C23H18N2O3S. The second-order valence-corrected chi connectivity index (χ2v) is 7.92. The largest absolute Gasteiger partial charge is 0.454 e. The lowest BCUT2D eigenvalue weighted by Crippen LogP contribution is -2.30. The minimum absolute atomic E-state index is 0.122. The summed E-state index contributed by atoms with van der Waals surface area (Å²) < 4.78 is 11.9. The average molecular weight is 402 g/mol. The van der Waals surface area contributed by atoms with Crippen molar-refractivity contribution in [1.82, 2.24) is 4.98 Å². The normalized spacial score (nSPS) is 12.3. The van der Waals surface area contributed by atoms with Crippen LogP contribution in [0.25, 0.3) is 10.2 Å². The Morgan fingerprint density at radius 2 is 1.86 bits per heavy atom. The second-order valence-electron chi connectivity index (χ2n) is 6.91. The van der Waals surface area contributed by atoms with Crippen LogP contribution in [0.4, 0.5) is 5.13 Å². The number of aryl methyl sites for hydroxylation is 1. The number of benzene rings is 3. The highest BCUT2D eigenvalue weighted by Crippen LogP contribution is 2.35. The van der Waals surface area contributed by atoms with Gasteiger partial charge in [-0.3, -0.25) is 9.69 Å². The van der Waals surface area contributed by atoms with E-state index in [1.54, 1.807) is 23.1 Å². The Balaban J connectivity index is 1.56. The maximum Gasteiger partial charge on any atom is 0.260 e. The molecule has 0 unspecified atom stereocenters. The molecule has 5 nitrogen and oxygen atoms in total. The number of amides is 1. The Hall–Kier alpha value is -3.38. The van der Waals surface area contributed by atoms with Crippen LogP contribution in [-0.2, 0) is 6.54 Å². The van der Waals surface area contributed by atoms with E-state index < -0.39 is 0 Å². The molecule has 0 N–H and O–H groups in total. The van der Waals surface area contributed by atoms with E-state index in [4.69, 9.17) is 14.5 Å². The molecule has 0 radical (unpaired) electrons. The first-order valence-electron chi connectivity index (χ1n) is 9.30. The minimum Gasteiger partial charge on any atom is -0.454 e. The number of ether oxygens (including phenoxy) is 2. The molecule has 0 atom stereocenters. The molecule has 1 aliphatic rings. The molecule has 144 valence electrons. The highest BCUT2D eigenvalue weighted by atomic mass is 32.1. The van der Waals surface area contributed by atoms with Crippen molar-refractivity contribution in [2.45, 2.75) is 13.5 Å². The highest BCUT2D eigenvalue weighted by molar-refractivity contribution is 7.22. The van der Waals surface area contributed by atoms with Crippen LogP contribution in [0.15, 0.2) is 66.7 Å². The fourth-order valence-corrected chi connectivity index (χ4v) is 4.37. The smallest absolute Gasteiger partial charge is 0.260 e. The number of aromatic nitrogens is 1. The molecule has 1 amide bonds. The molecule has 3 aromatic carbocycles. The van der Waals surface area contributed by atoms with E-state index in [0.717, 1.165) is 15.8 Å². The van der Waals surface area contributed by atoms with Crippen LogP contribution >= 0.6 is 11.3 Å². The first-order valence-corrected chi connectivity index (χ1v) is 10.1. The van der Waals surface area contributed by atoms with Crippen LogP contribution in [0.1, 0.15) is 21.5 Å². The third-order valence-electron chi connectivity index (χ3n) is 4.81. The maximum atomic E-state index is 13.5. The van der Waals surface area contributed by atoms with Crippen LogP contribution < -0.4 is 14.4 Å². The van der Waals surface area contributed by atoms with Gasteiger partial charge in [-0.15, -0.1) is 0 Å². The lowest BCUT2D eigenvalue weighted by Gasteiger charge is -2.20. The van der Waals surface area contributed by atoms with Crippen molar-refractivity contribution < 1.29 is 14.3 Å². The number of hydrogen-bond donors (Lipinski definition) is 0. The number of nitrogens with zero attached hydrogens (tertiary/aromatic N) is 2. The fraction of sp³-hybridized carbons (Fsp3) is 0.130. The molecule has 0 saturated carbocycles. The third-order valence-corrected chi connectivity index (χ3v) is 5.85. The van der Waals surface area contributed by atoms with Crippen molar-refractivity contribution >= 4 is 32.6 Å². The van der Waals surface area contributed by atoms with Gasteiger partial charge in [0.15, 0.2) is 16.6 Å². The number of hydrogen-bond acceptors (Lipinski definition) is 5. The molecule has 1 aliphatic heterocycles. The monoisotopic (exact) mass is 402 g/mol. The summed E-state index contributed by atoms with van der Waals surface area (Å²) in [4.78, 5) is 20.0. The van der Waals surface area contributed by atoms with E-state index in [2.05, 4.69) is 13.0 Å². The second kappa shape index (κ2) is 7.22. The van der Waals surface area contributed by atoms with Gasteiger partial charge in [0, 0.05) is 5.56 Å². The van der Waals surface area contributed by atoms with Crippen molar-refractivity contribution in [2.24, 2.45) is 0 Å². The molecule has 1 aromatic heterocycles. The van der Waals surface area contributed by atoms with Gasteiger partial charge >= 0.3 is 0 Å². The molecule has 29 heavy (non-hydrogen) atoms. The van der Waals surface area contributed by atoms with Crippen molar-refractivity contribution in [1.29, 1.82) is 0 Å². The molecule has 0 saturated heterocycles. The van der Waals surface area contributed by atoms with Gasteiger partial charge in [-0.2, -0.15) is 0 Å². The third kappa shape index (κ3) is 3.43. The zero-order valence-electron chi connectivity index (χ0n) is 15.8. The van der Waals surface area contributed by atoms with Gasteiger partial charge in [0.05, 0.1) is 16.8 Å². The van der Waals surface area contributed by atoms with Crippen LogP contribution in [0.5, 0.6) is 11.5 Å². The van der Waals surface area contributed by atoms with Crippen LogP contribution in [0.2, 0.25) is 0 Å². The summed E-state index contributed by atoms with van der Waals surface area (Å²) >= 11 is 1.53. The van der Waals surface area contributed by atoms with E-state index in [1.165, 1.54) is 16.9 Å². The van der Waals surface area contributed by atoms with E-state index >= 15 is 0 Å².